The van der Waals surface area contributed by atoms with E-state index in [1.807, 2.05) is 0 Å². The maximum atomic E-state index is 12.9. The number of halogens is 3. The molecule has 78 valence electrons. The topological polar surface area (TPSA) is 35.2 Å². The van der Waals surface area contributed by atoms with Gasteiger partial charge in [0.1, 0.15) is 11.6 Å². The van der Waals surface area contributed by atoms with Crippen molar-refractivity contribution in [2.75, 3.05) is 7.11 Å². The normalized spacial score (nSPS) is 13.0. The summed E-state index contributed by atoms with van der Waals surface area (Å²) in [7, 11) is 1.33. The summed E-state index contributed by atoms with van der Waals surface area (Å²) in [5.41, 5.74) is 5.18. The molecule has 1 atom stereocenters. The highest BCUT2D eigenvalue weighted by atomic mass is 19.3. The van der Waals surface area contributed by atoms with Crippen molar-refractivity contribution in [2.24, 2.45) is 5.73 Å². The lowest BCUT2D eigenvalue weighted by molar-refractivity contribution is 0.116. The van der Waals surface area contributed by atoms with Gasteiger partial charge in [-0.1, -0.05) is 0 Å². The molecule has 0 aromatic heterocycles. The van der Waals surface area contributed by atoms with Crippen LogP contribution in [-0.4, -0.2) is 13.5 Å². The highest BCUT2D eigenvalue weighted by Crippen LogP contribution is 2.23. The molecule has 0 aliphatic rings. The first-order chi connectivity index (χ1) is 6.54. The minimum atomic E-state index is -2.72. The number of methoxy groups -OCH3 is 1. The molecule has 2 N–H and O–H groups in total. The first-order valence-corrected chi connectivity index (χ1v) is 3.93. The molecule has 0 amide bonds. The summed E-state index contributed by atoms with van der Waals surface area (Å²) in [5.74, 6) is -0.466. The summed E-state index contributed by atoms with van der Waals surface area (Å²) in [6.45, 7) is 0. The van der Waals surface area contributed by atoms with Crippen LogP contribution in [0.5, 0.6) is 5.75 Å². The number of benzene rings is 1. The van der Waals surface area contributed by atoms with Gasteiger partial charge in [0, 0.05) is 6.07 Å². The molecule has 0 aliphatic carbocycles. The maximum Gasteiger partial charge on any atom is 0.257 e. The fourth-order valence-corrected chi connectivity index (χ4v) is 1.04. The van der Waals surface area contributed by atoms with Gasteiger partial charge >= 0.3 is 0 Å². The number of nitrogens with two attached hydrogens (primary N) is 1. The van der Waals surface area contributed by atoms with E-state index in [9.17, 15) is 13.2 Å². The summed E-state index contributed by atoms with van der Waals surface area (Å²) < 4.78 is 42.0. The van der Waals surface area contributed by atoms with Crippen molar-refractivity contribution in [1.82, 2.24) is 0 Å². The molecule has 0 fully saturated rings. The van der Waals surface area contributed by atoms with Crippen molar-refractivity contribution in [3.05, 3.63) is 29.6 Å². The average molecular weight is 205 g/mol. The third-order valence-electron chi connectivity index (χ3n) is 1.79. The molecule has 1 unspecified atom stereocenters. The van der Waals surface area contributed by atoms with Gasteiger partial charge in [-0.2, -0.15) is 0 Å². The first kappa shape index (κ1) is 10.8. The number of alkyl halides is 2. The van der Waals surface area contributed by atoms with Crippen molar-refractivity contribution in [3.63, 3.8) is 0 Å². The second kappa shape index (κ2) is 4.32. The molecule has 5 heteroatoms. The van der Waals surface area contributed by atoms with E-state index in [4.69, 9.17) is 10.5 Å². The molecular formula is C9H10F3NO. The van der Waals surface area contributed by atoms with E-state index in [0.717, 1.165) is 12.1 Å². The standard InChI is InChI=1S/C9H10F3NO/c1-14-7-3-5(2-6(10)4-7)8(13)9(11)12/h2-4,8-9H,13H2,1H3. The van der Waals surface area contributed by atoms with Crippen LogP contribution in [-0.2, 0) is 0 Å². The smallest absolute Gasteiger partial charge is 0.257 e. The molecular weight excluding hydrogens is 195 g/mol. The van der Waals surface area contributed by atoms with Crippen LogP contribution < -0.4 is 10.5 Å². The number of ether oxygens (including phenoxy) is 1. The van der Waals surface area contributed by atoms with Crippen LogP contribution in [0.15, 0.2) is 18.2 Å². The molecule has 0 saturated heterocycles. The van der Waals surface area contributed by atoms with E-state index in [1.54, 1.807) is 0 Å². The molecule has 2 nitrogen and oxygen atoms in total. The molecule has 1 aromatic carbocycles. The summed E-state index contributed by atoms with van der Waals surface area (Å²) in [4.78, 5) is 0. The van der Waals surface area contributed by atoms with Gasteiger partial charge in [-0.15, -0.1) is 0 Å². The molecule has 1 aromatic rings. The molecule has 14 heavy (non-hydrogen) atoms. The molecule has 0 saturated carbocycles. The SMILES string of the molecule is COc1cc(F)cc(C(N)C(F)F)c1. The van der Waals surface area contributed by atoms with Crippen molar-refractivity contribution in [1.29, 1.82) is 0 Å². The molecule has 0 heterocycles. The van der Waals surface area contributed by atoms with Gasteiger partial charge < -0.3 is 10.5 Å². The molecule has 1 rings (SSSR count). The predicted octanol–water partition coefficient (Wildman–Crippen LogP) is 2.10. The van der Waals surface area contributed by atoms with Crippen LogP contribution in [0.2, 0.25) is 0 Å². The Hall–Kier alpha value is -1.23. The zero-order valence-electron chi connectivity index (χ0n) is 7.51. The summed E-state index contributed by atoms with van der Waals surface area (Å²) in [5, 5.41) is 0. The Morgan fingerprint density at radius 3 is 2.43 bits per heavy atom. The van der Waals surface area contributed by atoms with Crippen molar-refractivity contribution >= 4 is 0 Å². The fourth-order valence-electron chi connectivity index (χ4n) is 1.04. The van der Waals surface area contributed by atoms with Crippen LogP contribution >= 0.6 is 0 Å². The van der Waals surface area contributed by atoms with Crippen LogP contribution in [0.3, 0.4) is 0 Å². The summed E-state index contributed by atoms with van der Waals surface area (Å²) in [6, 6.07) is 1.88. The lowest BCUT2D eigenvalue weighted by Gasteiger charge is -2.11. The second-order valence-corrected chi connectivity index (χ2v) is 2.78. The Morgan fingerprint density at radius 2 is 1.93 bits per heavy atom. The van der Waals surface area contributed by atoms with Gasteiger partial charge in [-0.05, 0) is 17.7 Å². The lowest BCUT2D eigenvalue weighted by Crippen LogP contribution is -2.19. The second-order valence-electron chi connectivity index (χ2n) is 2.78. The van der Waals surface area contributed by atoms with E-state index in [-0.39, 0.29) is 11.3 Å². The Kier molecular flexibility index (Phi) is 3.35. The Bertz CT molecular complexity index is 317. The van der Waals surface area contributed by atoms with Gasteiger partial charge in [0.05, 0.1) is 13.2 Å². The minimum absolute atomic E-state index is 0.0249. The highest BCUT2D eigenvalue weighted by molar-refractivity contribution is 5.31. The quantitative estimate of drug-likeness (QED) is 0.820. The molecule has 0 radical (unpaired) electrons. The summed E-state index contributed by atoms with van der Waals surface area (Å²) in [6.07, 6.45) is -2.72. The van der Waals surface area contributed by atoms with Gasteiger partial charge in [0.15, 0.2) is 0 Å². The minimum Gasteiger partial charge on any atom is -0.497 e. The Morgan fingerprint density at radius 1 is 1.29 bits per heavy atom. The van der Waals surface area contributed by atoms with Gasteiger partial charge in [0.2, 0.25) is 0 Å². The third-order valence-corrected chi connectivity index (χ3v) is 1.79. The van der Waals surface area contributed by atoms with Gasteiger partial charge in [-0.3, -0.25) is 0 Å². The molecule has 0 bridgehead atoms. The van der Waals surface area contributed by atoms with Crippen LogP contribution in [0.1, 0.15) is 11.6 Å². The monoisotopic (exact) mass is 205 g/mol. The number of hydrogen-bond donors (Lipinski definition) is 1. The van der Waals surface area contributed by atoms with E-state index in [0.29, 0.717) is 0 Å². The van der Waals surface area contributed by atoms with Crippen LogP contribution in [0.25, 0.3) is 0 Å². The largest absolute Gasteiger partial charge is 0.497 e. The lowest BCUT2D eigenvalue weighted by atomic mass is 10.1. The van der Waals surface area contributed by atoms with Gasteiger partial charge in [-0.25, -0.2) is 13.2 Å². The average Bonchev–Trinajstić information content (AvgIpc) is 2.15. The zero-order chi connectivity index (χ0) is 10.7. The fraction of sp³-hybridized carbons (Fsp3) is 0.333. The number of rotatable bonds is 3. The van der Waals surface area contributed by atoms with Crippen molar-refractivity contribution in [3.8, 4) is 5.75 Å². The first-order valence-electron chi connectivity index (χ1n) is 3.93. The molecule has 0 aliphatic heterocycles. The maximum absolute atomic E-state index is 12.9. The Balaban J connectivity index is 3.02. The Labute approximate surface area is 79.5 Å². The summed E-state index contributed by atoms with van der Waals surface area (Å²) >= 11 is 0. The zero-order valence-corrected chi connectivity index (χ0v) is 7.51. The number of hydrogen-bond acceptors (Lipinski definition) is 2. The predicted molar refractivity (Wildman–Crippen MR) is 45.9 cm³/mol. The van der Waals surface area contributed by atoms with Crippen molar-refractivity contribution in [2.45, 2.75) is 12.5 Å². The highest BCUT2D eigenvalue weighted by Gasteiger charge is 2.18. The van der Waals surface area contributed by atoms with E-state index in [1.165, 1.54) is 13.2 Å². The van der Waals surface area contributed by atoms with Crippen LogP contribution in [0.4, 0.5) is 13.2 Å². The van der Waals surface area contributed by atoms with Gasteiger partial charge in [0.25, 0.3) is 6.43 Å². The third kappa shape index (κ3) is 2.38. The van der Waals surface area contributed by atoms with Crippen LogP contribution in [0, 0.1) is 5.82 Å². The van der Waals surface area contributed by atoms with E-state index >= 15 is 0 Å². The van der Waals surface area contributed by atoms with E-state index < -0.39 is 18.3 Å². The van der Waals surface area contributed by atoms with E-state index in [2.05, 4.69) is 0 Å². The van der Waals surface area contributed by atoms with Crippen molar-refractivity contribution < 1.29 is 17.9 Å². The molecule has 0 spiro atoms.